The Balaban J connectivity index is 3.23. The van der Waals surface area contributed by atoms with Crippen LogP contribution < -0.4 is 49.1 Å². The SMILES string of the molecule is CC[C@H](C)[C@@H]1NC(=O)C(C(C)C)NC(=O)[C@@H](NC(=O)CC(O)CCCCCCCCCCCCN=C(N)N)[C@@H](C)OC(=O)[C@@H](C)NC(=O)[C@@H](CC(N)=O)NC(=O)C([C@@H](C)O)NC1=O. The number of carbonyl (C=O) groups excluding carboxylic acids is 8. The van der Waals surface area contributed by atoms with Gasteiger partial charge in [-0.3, -0.25) is 38.6 Å². The Hall–Kier alpha value is -5.05. The molecule has 7 amide bonds. The number of cyclic esters (lactones) is 1. The van der Waals surface area contributed by atoms with Gasteiger partial charge in [0.1, 0.15) is 42.4 Å². The zero-order valence-electron chi connectivity index (χ0n) is 38.2. The van der Waals surface area contributed by atoms with Crippen molar-refractivity contribution < 1.29 is 53.3 Å². The monoisotopic (exact) mass is 897 g/mol. The fourth-order valence-electron chi connectivity index (χ4n) is 6.83. The molecule has 1 aliphatic rings. The predicted molar refractivity (Wildman–Crippen MR) is 235 cm³/mol. The summed E-state index contributed by atoms with van der Waals surface area (Å²) in [6.45, 7) is 11.1. The van der Waals surface area contributed by atoms with Crippen LogP contribution in [-0.4, -0.2) is 125 Å². The molecule has 0 aromatic carbocycles. The van der Waals surface area contributed by atoms with Crippen LogP contribution in [-0.2, 0) is 43.1 Å². The Kier molecular flexibility index (Phi) is 26.1. The van der Waals surface area contributed by atoms with Gasteiger partial charge >= 0.3 is 5.97 Å². The summed E-state index contributed by atoms with van der Waals surface area (Å²) in [5.41, 5.74) is 16.0. The van der Waals surface area contributed by atoms with Gasteiger partial charge in [0.25, 0.3) is 0 Å². The number of guanidine groups is 1. The summed E-state index contributed by atoms with van der Waals surface area (Å²) < 4.78 is 5.54. The Morgan fingerprint density at radius 1 is 0.698 bits per heavy atom. The first-order chi connectivity index (χ1) is 29.6. The van der Waals surface area contributed by atoms with Crippen molar-refractivity contribution in [3.05, 3.63) is 0 Å². The van der Waals surface area contributed by atoms with E-state index in [0.29, 0.717) is 25.8 Å². The standard InChI is InChI=1S/C42H76N10O11/c1-8-24(4)33-38(59)52-34(26(6)53)39(60)48-29(22-30(43)55)36(57)47-25(5)41(62)63-27(7)35(40(61)50-32(23(2)3)37(58)51-33)49-31(56)21-28(54)19-17-15-13-11-9-10-12-14-16-18-20-46-42(44)45/h23-29,32-35,53-54H,8-22H2,1-7H3,(H2,43,55)(H,47,57)(H,48,60)(H,49,56)(H,50,61)(H,51,58)(H,52,59)(H4,44,45,46)/t24-,25+,26+,27+,28?,29+,32?,33-,34?,35-/m0/s1. The van der Waals surface area contributed by atoms with Crippen LogP contribution in [0.25, 0.3) is 0 Å². The molecule has 1 aliphatic heterocycles. The maximum atomic E-state index is 14.0. The minimum atomic E-state index is -1.68. The van der Waals surface area contributed by atoms with Crippen LogP contribution in [0.1, 0.15) is 138 Å². The van der Waals surface area contributed by atoms with Crippen LogP contribution in [0.5, 0.6) is 0 Å². The number of hydrogen-bond donors (Lipinski definition) is 11. The average molecular weight is 897 g/mol. The second-order valence-corrected chi connectivity index (χ2v) is 17.0. The van der Waals surface area contributed by atoms with Crippen molar-refractivity contribution in [3.8, 4) is 0 Å². The molecular weight excluding hydrogens is 821 g/mol. The van der Waals surface area contributed by atoms with Gasteiger partial charge in [0, 0.05) is 6.54 Å². The van der Waals surface area contributed by atoms with Gasteiger partial charge in [0.2, 0.25) is 41.4 Å². The number of ether oxygens (including phenoxy) is 1. The lowest BCUT2D eigenvalue weighted by Crippen LogP contribution is -2.63. The van der Waals surface area contributed by atoms with Crippen molar-refractivity contribution in [1.82, 2.24) is 31.9 Å². The molecular formula is C42H76N10O11. The van der Waals surface area contributed by atoms with Crippen LogP contribution >= 0.6 is 0 Å². The molecule has 0 aliphatic carbocycles. The summed E-state index contributed by atoms with van der Waals surface area (Å²) in [6.07, 6.45) is 5.68. The summed E-state index contributed by atoms with van der Waals surface area (Å²) in [6, 6.07) is -8.97. The molecule has 21 heteroatoms. The molecule has 0 spiro atoms. The number of rotatable bonds is 22. The molecule has 1 heterocycles. The number of aliphatic imine (C=N–C) groups is 1. The molecule has 1 rings (SSSR count). The van der Waals surface area contributed by atoms with Crippen molar-refractivity contribution in [2.24, 2.45) is 34.0 Å². The molecule has 0 bridgehead atoms. The summed E-state index contributed by atoms with van der Waals surface area (Å²) >= 11 is 0. The molecule has 0 aromatic heterocycles. The van der Waals surface area contributed by atoms with Gasteiger partial charge in [0.15, 0.2) is 5.96 Å². The lowest BCUT2D eigenvalue weighted by molar-refractivity contribution is -0.155. The quantitative estimate of drug-likeness (QED) is 0.0273. The third kappa shape index (κ3) is 21.7. The van der Waals surface area contributed by atoms with E-state index >= 15 is 0 Å². The molecule has 3 unspecified atom stereocenters. The summed E-state index contributed by atoms with van der Waals surface area (Å²) in [7, 11) is 0. The fraction of sp³-hybridized carbons (Fsp3) is 0.786. The average Bonchev–Trinajstić information content (AvgIpc) is 3.19. The number of nitrogens with zero attached hydrogens (tertiary/aromatic N) is 1. The molecule has 1 saturated heterocycles. The molecule has 21 nitrogen and oxygen atoms in total. The number of aliphatic hydroxyl groups is 2. The normalized spacial score (nSPS) is 24.7. The zero-order chi connectivity index (χ0) is 47.8. The Morgan fingerprint density at radius 3 is 1.73 bits per heavy atom. The number of primary amides is 1. The molecule has 0 saturated carbocycles. The third-order valence-electron chi connectivity index (χ3n) is 10.9. The summed E-state index contributed by atoms with van der Waals surface area (Å²) in [5.74, 6) is -8.53. The summed E-state index contributed by atoms with van der Waals surface area (Å²) in [4.78, 5) is 111. The molecule has 360 valence electrons. The minimum absolute atomic E-state index is 0.112. The van der Waals surface area contributed by atoms with Gasteiger partial charge < -0.3 is 64.1 Å². The predicted octanol–water partition coefficient (Wildman–Crippen LogP) is -0.866. The van der Waals surface area contributed by atoms with Crippen molar-refractivity contribution in [1.29, 1.82) is 0 Å². The molecule has 10 atom stereocenters. The second kappa shape index (κ2) is 29.3. The first-order valence-electron chi connectivity index (χ1n) is 22.3. The van der Waals surface area contributed by atoms with Crippen molar-refractivity contribution >= 4 is 53.3 Å². The van der Waals surface area contributed by atoms with Crippen LogP contribution in [0.2, 0.25) is 0 Å². The van der Waals surface area contributed by atoms with Gasteiger partial charge in [-0.05, 0) is 45.4 Å². The van der Waals surface area contributed by atoms with E-state index in [9.17, 15) is 48.6 Å². The molecule has 14 N–H and O–H groups in total. The van der Waals surface area contributed by atoms with Gasteiger partial charge in [-0.1, -0.05) is 91.9 Å². The van der Waals surface area contributed by atoms with Crippen LogP contribution in [0.4, 0.5) is 0 Å². The molecule has 1 fully saturated rings. The first-order valence-corrected chi connectivity index (χ1v) is 22.3. The first kappa shape index (κ1) is 56.0. The number of nitrogens with one attached hydrogen (secondary N) is 6. The lowest BCUT2D eigenvalue weighted by Gasteiger charge is -2.31. The van der Waals surface area contributed by atoms with Gasteiger partial charge in [0.05, 0.1) is 25.0 Å². The molecule has 0 aromatic rings. The highest BCUT2D eigenvalue weighted by Crippen LogP contribution is 2.15. The van der Waals surface area contributed by atoms with E-state index in [4.69, 9.17) is 21.9 Å². The Bertz CT molecular complexity index is 1540. The zero-order valence-corrected chi connectivity index (χ0v) is 38.2. The highest BCUT2D eigenvalue weighted by atomic mass is 16.5. The topological polar surface area (TPSA) is 349 Å². The van der Waals surface area contributed by atoms with Crippen molar-refractivity contribution in [2.75, 3.05) is 6.54 Å². The van der Waals surface area contributed by atoms with Crippen LogP contribution in [0.3, 0.4) is 0 Å². The van der Waals surface area contributed by atoms with E-state index in [-0.39, 0.29) is 12.4 Å². The maximum absolute atomic E-state index is 14.0. The van der Waals surface area contributed by atoms with E-state index in [2.05, 4.69) is 36.9 Å². The van der Waals surface area contributed by atoms with E-state index in [1.165, 1.54) is 20.8 Å². The van der Waals surface area contributed by atoms with E-state index in [0.717, 1.165) is 57.8 Å². The van der Waals surface area contributed by atoms with Crippen molar-refractivity contribution in [3.63, 3.8) is 0 Å². The van der Waals surface area contributed by atoms with Crippen LogP contribution in [0.15, 0.2) is 4.99 Å². The minimum Gasteiger partial charge on any atom is -0.458 e. The van der Waals surface area contributed by atoms with Gasteiger partial charge in [-0.25, -0.2) is 4.79 Å². The van der Waals surface area contributed by atoms with Crippen LogP contribution in [0, 0.1) is 11.8 Å². The van der Waals surface area contributed by atoms with Gasteiger partial charge in [-0.2, -0.15) is 0 Å². The number of nitrogens with two attached hydrogens (primary N) is 3. The Labute approximate surface area is 371 Å². The third-order valence-corrected chi connectivity index (χ3v) is 10.9. The molecule has 0 radical (unpaired) electrons. The second-order valence-electron chi connectivity index (χ2n) is 17.0. The fourth-order valence-corrected chi connectivity index (χ4v) is 6.83. The number of unbranched alkanes of at least 4 members (excludes halogenated alkanes) is 9. The van der Waals surface area contributed by atoms with E-state index < -0.39 is 120 Å². The number of amides is 7. The number of esters is 1. The van der Waals surface area contributed by atoms with Crippen molar-refractivity contribution in [2.45, 2.75) is 193 Å². The lowest BCUT2D eigenvalue weighted by atomic mass is 9.95. The smallest absolute Gasteiger partial charge is 0.328 e. The number of aliphatic hydroxyl groups excluding tert-OH is 2. The number of hydrogen-bond acceptors (Lipinski definition) is 12. The largest absolute Gasteiger partial charge is 0.458 e. The van der Waals surface area contributed by atoms with E-state index in [1.54, 1.807) is 27.7 Å². The molecule has 63 heavy (non-hydrogen) atoms. The summed E-state index contributed by atoms with van der Waals surface area (Å²) in [5, 5.41) is 36.0. The van der Waals surface area contributed by atoms with Gasteiger partial charge in [-0.15, -0.1) is 0 Å². The number of carbonyl (C=O) groups is 8. The highest BCUT2D eigenvalue weighted by Gasteiger charge is 2.39. The van der Waals surface area contributed by atoms with E-state index in [1.807, 2.05) is 0 Å². The Morgan fingerprint density at radius 2 is 1.21 bits per heavy atom. The highest BCUT2D eigenvalue weighted by molar-refractivity contribution is 5.98. The maximum Gasteiger partial charge on any atom is 0.328 e.